The highest BCUT2D eigenvalue weighted by atomic mass is 35.6. The van der Waals surface area contributed by atoms with Gasteiger partial charge in [-0.05, 0) is 12.1 Å². The summed E-state index contributed by atoms with van der Waals surface area (Å²) in [7, 11) is 0. The number of hydrogen-bond donors (Lipinski definition) is 2. The Hall–Kier alpha value is 0.230. The molecule has 0 bridgehead atoms. The number of halogens is 6. The first-order chi connectivity index (χ1) is 9.82. The summed E-state index contributed by atoms with van der Waals surface area (Å²) in [4.78, 5) is 12.1. The molecule has 0 aromatic heterocycles. The lowest BCUT2D eigenvalue weighted by atomic mass is 9.95. The summed E-state index contributed by atoms with van der Waals surface area (Å²) >= 11 is 35.8. The summed E-state index contributed by atoms with van der Waals surface area (Å²) in [5, 5.41) is 6.29. The number of benzene rings is 1. The Morgan fingerprint density at radius 1 is 1.05 bits per heavy atom. The molecule has 1 rings (SSSR count). The molecule has 2 N–H and O–H groups in total. The molecular weight excluding hydrogens is 413 g/mol. The van der Waals surface area contributed by atoms with Gasteiger partial charge in [-0.15, -0.1) is 0 Å². The Morgan fingerprint density at radius 2 is 1.50 bits per heavy atom. The summed E-state index contributed by atoms with van der Waals surface area (Å²) in [5.74, 6) is -0.308. The summed E-state index contributed by atoms with van der Waals surface area (Å²) in [6, 6.07) is 2.97. The largest absolute Gasteiger partial charge is 0.359 e. The van der Waals surface area contributed by atoms with E-state index in [1.165, 1.54) is 12.1 Å². The van der Waals surface area contributed by atoms with Crippen LogP contribution in [0.3, 0.4) is 0 Å². The van der Waals surface area contributed by atoms with Crippen LogP contribution in [0.1, 0.15) is 20.8 Å². The van der Waals surface area contributed by atoms with E-state index in [-0.39, 0.29) is 16.0 Å². The van der Waals surface area contributed by atoms with Crippen molar-refractivity contribution in [2.75, 3.05) is 5.32 Å². The molecule has 124 valence electrons. The van der Waals surface area contributed by atoms with Crippen LogP contribution in [-0.4, -0.2) is 15.9 Å². The Morgan fingerprint density at radius 3 is 1.86 bits per heavy atom. The monoisotopic (exact) mass is 424 g/mol. The number of amides is 1. The topological polar surface area (TPSA) is 41.1 Å². The fourth-order valence-corrected chi connectivity index (χ4v) is 2.63. The van der Waals surface area contributed by atoms with Crippen molar-refractivity contribution in [2.24, 2.45) is 5.41 Å². The second kappa shape index (κ2) is 7.42. The number of nitrogens with one attached hydrogen (secondary N) is 2. The van der Waals surface area contributed by atoms with Crippen LogP contribution in [0, 0.1) is 5.41 Å². The van der Waals surface area contributed by atoms with E-state index in [2.05, 4.69) is 10.6 Å². The van der Waals surface area contributed by atoms with Crippen molar-refractivity contribution in [2.45, 2.75) is 30.7 Å². The summed E-state index contributed by atoms with van der Waals surface area (Å²) < 4.78 is -1.83. The molecule has 0 aliphatic rings. The number of carbonyl (C=O) groups is 1. The van der Waals surface area contributed by atoms with Crippen LogP contribution in [0.15, 0.2) is 12.1 Å². The molecule has 1 aromatic carbocycles. The molecule has 0 radical (unpaired) electrons. The van der Waals surface area contributed by atoms with Crippen molar-refractivity contribution in [3.05, 3.63) is 27.2 Å². The molecule has 0 spiro atoms. The lowest BCUT2D eigenvalue weighted by Gasteiger charge is -2.30. The van der Waals surface area contributed by atoms with Gasteiger partial charge in [0.15, 0.2) is 0 Å². The molecule has 9 heteroatoms. The van der Waals surface area contributed by atoms with Crippen LogP contribution in [0.25, 0.3) is 0 Å². The minimum atomic E-state index is -1.83. The first kappa shape index (κ1) is 20.3. The standard InChI is InChI=1S/C13H14Cl6N2O/c1-12(2,3)11(22)21-10(13(17,18)19)20-9-7(15)4-6(14)5-8(9)16/h4-5,10,20H,1-3H3,(H,21,22)/t10-/m1/s1. The lowest BCUT2D eigenvalue weighted by molar-refractivity contribution is -0.129. The Balaban J connectivity index is 3.09. The molecule has 0 fully saturated rings. The van der Waals surface area contributed by atoms with Crippen molar-refractivity contribution in [1.29, 1.82) is 0 Å². The van der Waals surface area contributed by atoms with Gasteiger partial charge in [-0.3, -0.25) is 4.79 Å². The van der Waals surface area contributed by atoms with Crippen molar-refractivity contribution in [1.82, 2.24) is 5.32 Å². The van der Waals surface area contributed by atoms with Crippen LogP contribution in [0.5, 0.6) is 0 Å². The molecule has 1 atom stereocenters. The lowest BCUT2D eigenvalue weighted by Crippen LogP contribution is -2.52. The predicted molar refractivity (Wildman–Crippen MR) is 96.8 cm³/mol. The zero-order valence-corrected chi connectivity index (χ0v) is 16.4. The number of anilines is 1. The molecule has 1 amide bonds. The molecule has 0 aliphatic heterocycles. The highest BCUT2D eigenvalue weighted by molar-refractivity contribution is 6.68. The van der Waals surface area contributed by atoms with Crippen molar-refractivity contribution >= 4 is 81.2 Å². The van der Waals surface area contributed by atoms with E-state index >= 15 is 0 Å². The van der Waals surface area contributed by atoms with Gasteiger partial charge in [0.05, 0.1) is 15.7 Å². The summed E-state index contributed by atoms with van der Waals surface area (Å²) in [6.45, 7) is 5.21. The van der Waals surface area contributed by atoms with Gasteiger partial charge in [0.1, 0.15) is 6.17 Å². The number of alkyl halides is 3. The first-order valence-corrected chi connectivity index (χ1v) is 8.38. The SMILES string of the molecule is CC(C)(C)C(=O)N[C@@H](Nc1c(Cl)cc(Cl)cc1Cl)C(Cl)(Cl)Cl. The smallest absolute Gasteiger partial charge is 0.228 e. The Labute approximate surface area is 159 Å². The van der Waals surface area contributed by atoms with E-state index in [4.69, 9.17) is 69.6 Å². The van der Waals surface area contributed by atoms with E-state index in [1.54, 1.807) is 20.8 Å². The van der Waals surface area contributed by atoms with E-state index in [0.29, 0.717) is 10.7 Å². The first-order valence-electron chi connectivity index (χ1n) is 6.11. The number of hydrogen-bond acceptors (Lipinski definition) is 2. The third-order valence-corrected chi connectivity index (χ3v) is 4.05. The van der Waals surface area contributed by atoms with Crippen molar-refractivity contribution in [3.63, 3.8) is 0 Å². The third-order valence-electron chi connectivity index (χ3n) is 2.58. The maximum atomic E-state index is 12.1. The normalized spacial score (nSPS) is 13.7. The Kier molecular flexibility index (Phi) is 6.83. The van der Waals surface area contributed by atoms with Gasteiger partial charge < -0.3 is 10.6 Å². The maximum absolute atomic E-state index is 12.1. The molecule has 1 aromatic rings. The van der Waals surface area contributed by atoms with Crippen LogP contribution in [0.4, 0.5) is 5.69 Å². The Bertz CT molecular complexity index is 542. The van der Waals surface area contributed by atoms with Gasteiger partial charge in [0.25, 0.3) is 0 Å². The van der Waals surface area contributed by atoms with E-state index in [0.717, 1.165) is 0 Å². The van der Waals surface area contributed by atoms with Gasteiger partial charge in [-0.25, -0.2) is 0 Å². The van der Waals surface area contributed by atoms with Crippen LogP contribution >= 0.6 is 69.6 Å². The second-order valence-electron chi connectivity index (χ2n) is 5.59. The van der Waals surface area contributed by atoms with Crippen molar-refractivity contribution < 1.29 is 4.79 Å². The van der Waals surface area contributed by atoms with Gasteiger partial charge >= 0.3 is 0 Å². The molecule has 3 nitrogen and oxygen atoms in total. The zero-order valence-electron chi connectivity index (χ0n) is 11.9. The minimum Gasteiger partial charge on any atom is -0.359 e. The fourth-order valence-electron chi connectivity index (χ4n) is 1.37. The van der Waals surface area contributed by atoms with Crippen molar-refractivity contribution in [3.8, 4) is 0 Å². The van der Waals surface area contributed by atoms with Gasteiger partial charge in [0.2, 0.25) is 9.70 Å². The fraction of sp³-hybridized carbons (Fsp3) is 0.462. The van der Waals surface area contributed by atoms with Gasteiger partial charge in [-0.1, -0.05) is 90.4 Å². The second-order valence-corrected chi connectivity index (χ2v) is 9.21. The van der Waals surface area contributed by atoms with E-state index < -0.39 is 15.4 Å². The molecule has 0 saturated heterocycles. The van der Waals surface area contributed by atoms with E-state index in [1.807, 2.05) is 0 Å². The third kappa shape index (κ3) is 5.70. The quantitative estimate of drug-likeness (QED) is 0.465. The molecule has 22 heavy (non-hydrogen) atoms. The summed E-state index contributed by atoms with van der Waals surface area (Å²) in [6.07, 6.45) is -1.04. The highest BCUT2D eigenvalue weighted by Gasteiger charge is 2.37. The molecule has 0 unspecified atom stereocenters. The molecular formula is C13H14Cl6N2O. The average Bonchev–Trinajstić information content (AvgIpc) is 2.28. The average molecular weight is 427 g/mol. The minimum absolute atomic E-state index is 0.238. The predicted octanol–water partition coefficient (Wildman–Crippen LogP) is 5.92. The van der Waals surface area contributed by atoms with E-state index in [9.17, 15) is 4.79 Å². The number of rotatable bonds is 3. The highest BCUT2D eigenvalue weighted by Crippen LogP contribution is 2.37. The molecule has 0 saturated carbocycles. The van der Waals surface area contributed by atoms with Crippen LogP contribution in [-0.2, 0) is 4.79 Å². The zero-order chi connectivity index (χ0) is 17.3. The van der Waals surface area contributed by atoms with Crippen LogP contribution in [0.2, 0.25) is 15.1 Å². The van der Waals surface area contributed by atoms with Crippen LogP contribution < -0.4 is 10.6 Å². The maximum Gasteiger partial charge on any atom is 0.228 e. The molecule has 0 heterocycles. The van der Waals surface area contributed by atoms with Gasteiger partial charge in [0, 0.05) is 10.4 Å². The van der Waals surface area contributed by atoms with Gasteiger partial charge in [-0.2, -0.15) is 0 Å². The summed E-state index contributed by atoms with van der Waals surface area (Å²) in [5.41, 5.74) is -0.359. The number of carbonyl (C=O) groups excluding carboxylic acids is 1. The molecule has 0 aliphatic carbocycles.